The number of benzene rings is 1. The van der Waals surface area contributed by atoms with Crippen molar-refractivity contribution in [3.63, 3.8) is 0 Å². The summed E-state index contributed by atoms with van der Waals surface area (Å²) < 4.78 is 28.8. The lowest BCUT2D eigenvalue weighted by Gasteiger charge is -2.33. The van der Waals surface area contributed by atoms with Crippen LogP contribution in [0.1, 0.15) is 19.8 Å². The molecule has 0 radical (unpaired) electrons. The zero-order valence-electron chi connectivity index (χ0n) is 13.6. The third-order valence-corrected chi connectivity index (χ3v) is 4.92. The maximum atomic E-state index is 13.8. The predicted octanol–water partition coefficient (Wildman–Crippen LogP) is 3.96. The first-order chi connectivity index (χ1) is 12.0. The third-order valence-electron chi connectivity index (χ3n) is 4.65. The van der Waals surface area contributed by atoms with Crippen LogP contribution >= 0.6 is 11.6 Å². The van der Waals surface area contributed by atoms with Crippen molar-refractivity contribution in [1.29, 1.82) is 0 Å². The van der Waals surface area contributed by atoms with Gasteiger partial charge in [-0.15, -0.1) is 0 Å². The van der Waals surface area contributed by atoms with Gasteiger partial charge < -0.3 is 4.90 Å². The second kappa shape index (κ2) is 6.22. The van der Waals surface area contributed by atoms with Gasteiger partial charge in [-0.2, -0.15) is 19.6 Å². The van der Waals surface area contributed by atoms with Gasteiger partial charge in [0.25, 0.3) is 5.78 Å². The molecule has 1 aliphatic rings. The number of aromatic nitrogens is 4. The molecule has 0 amide bonds. The second-order valence-electron chi connectivity index (χ2n) is 6.37. The number of hydrogen-bond acceptors (Lipinski definition) is 4. The molecular formula is C17H16ClF2N5. The van der Waals surface area contributed by atoms with E-state index < -0.39 is 11.6 Å². The van der Waals surface area contributed by atoms with Gasteiger partial charge >= 0.3 is 0 Å². The van der Waals surface area contributed by atoms with Crippen LogP contribution in [0.3, 0.4) is 0 Å². The Kier molecular flexibility index (Phi) is 4.03. The summed E-state index contributed by atoms with van der Waals surface area (Å²) in [6, 6.07) is 3.73. The molecule has 0 N–H and O–H groups in total. The number of nitrogens with zero attached hydrogens (tertiary/aromatic N) is 5. The van der Waals surface area contributed by atoms with Crippen molar-refractivity contribution in [1.82, 2.24) is 19.6 Å². The quantitative estimate of drug-likeness (QED) is 0.646. The summed E-state index contributed by atoms with van der Waals surface area (Å²) in [5.41, 5.74) is 0.996. The summed E-state index contributed by atoms with van der Waals surface area (Å²) in [6.45, 7) is 3.87. The van der Waals surface area contributed by atoms with Crippen molar-refractivity contribution in [3.8, 4) is 11.1 Å². The first-order valence-corrected chi connectivity index (χ1v) is 8.52. The molecule has 1 aromatic carbocycles. The molecule has 5 nitrogen and oxygen atoms in total. The zero-order chi connectivity index (χ0) is 17.6. The Morgan fingerprint density at radius 2 is 1.92 bits per heavy atom. The van der Waals surface area contributed by atoms with Gasteiger partial charge in [0.15, 0.2) is 11.6 Å². The topological polar surface area (TPSA) is 46.3 Å². The standard InChI is InChI=1S/C17H16ClF2N5/c1-10-4-6-24(7-5-10)16-14(11-2-3-12(19)13(20)8-11)15(18)23-17-21-9-22-25(16)17/h2-3,8-10H,4-7H2,1H3. The lowest BCUT2D eigenvalue weighted by Crippen LogP contribution is -2.34. The van der Waals surface area contributed by atoms with E-state index in [-0.39, 0.29) is 5.15 Å². The summed E-state index contributed by atoms with van der Waals surface area (Å²) >= 11 is 6.40. The average Bonchev–Trinajstić information content (AvgIpc) is 3.05. The van der Waals surface area contributed by atoms with E-state index in [9.17, 15) is 8.78 Å². The molecule has 2 aromatic heterocycles. The molecule has 0 aliphatic carbocycles. The SMILES string of the molecule is CC1CCN(c2c(-c3ccc(F)c(F)c3)c(Cl)nc3ncnn23)CC1. The minimum Gasteiger partial charge on any atom is -0.356 e. The number of anilines is 1. The van der Waals surface area contributed by atoms with Gasteiger partial charge in [0.1, 0.15) is 17.3 Å². The van der Waals surface area contributed by atoms with Crippen LogP contribution < -0.4 is 4.90 Å². The molecule has 3 heterocycles. The van der Waals surface area contributed by atoms with Crippen LogP contribution in [-0.2, 0) is 0 Å². The van der Waals surface area contributed by atoms with E-state index in [2.05, 4.69) is 26.9 Å². The molecule has 4 rings (SSSR count). The smallest absolute Gasteiger partial charge is 0.255 e. The maximum Gasteiger partial charge on any atom is 0.255 e. The van der Waals surface area contributed by atoms with Crippen molar-refractivity contribution in [2.75, 3.05) is 18.0 Å². The van der Waals surface area contributed by atoms with Gasteiger partial charge in [-0.1, -0.05) is 24.6 Å². The third kappa shape index (κ3) is 2.82. The summed E-state index contributed by atoms with van der Waals surface area (Å²) in [6.07, 6.45) is 3.48. The second-order valence-corrected chi connectivity index (χ2v) is 6.73. The molecule has 8 heteroatoms. The van der Waals surface area contributed by atoms with Gasteiger partial charge in [0.05, 0.1) is 5.56 Å². The molecule has 25 heavy (non-hydrogen) atoms. The Bertz CT molecular complexity index is 934. The van der Waals surface area contributed by atoms with Crippen molar-refractivity contribution in [2.24, 2.45) is 5.92 Å². The molecule has 0 atom stereocenters. The Labute approximate surface area is 148 Å². The Hall–Kier alpha value is -2.28. The van der Waals surface area contributed by atoms with Gasteiger partial charge in [-0.25, -0.2) is 8.78 Å². The van der Waals surface area contributed by atoms with Crippen LogP contribution in [0.15, 0.2) is 24.5 Å². The van der Waals surface area contributed by atoms with Crippen molar-refractivity contribution >= 4 is 23.2 Å². The van der Waals surface area contributed by atoms with Gasteiger partial charge in [-0.3, -0.25) is 0 Å². The number of halogens is 3. The van der Waals surface area contributed by atoms with E-state index in [0.29, 0.717) is 28.6 Å². The van der Waals surface area contributed by atoms with Crippen molar-refractivity contribution < 1.29 is 8.78 Å². The van der Waals surface area contributed by atoms with Crippen molar-refractivity contribution in [3.05, 3.63) is 41.3 Å². The number of fused-ring (bicyclic) bond motifs is 1. The molecule has 3 aromatic rings. The highest BCUT2D eigenvalue weighted by Gasteiger charge is 2.25. The van der Waals surface area contributed by atoms with E-state index in [0.717, 1.165) is 38.1 Å². The van der Waals surface area contributed by atoms with E-state index >= 15 is 0 Å². The summed E-state index contributed by atoms with van der Waals surface area (Å²) in [5, 5.41) is 4.45. The fraction of sp³-hybridized carbons (Fsp3) is 0.353. The molecule has 0 spiro atoms. The molecular weight excluding hydrogens is 348 g/mol. The van der Waals surface area contributed by atoms with Crippen LogP contribution in [-0.4, -0.2) is 32.7 Å². The normalized spacial score (nSPS) is 15.9. The fourth-order valence-electron chi connectivity index (χ4n) is 3.22. The molecule has 0 unspecified atom stereocenters. The molecule has 1 fully saturated rings. The van der Waals surface area contributed by atoms with Crippen LogP contribution in [0, 0.1) is 17.6 Å². The lowest BCUT2D eigenvalue weighted by molar-refractivity contribution is 0.435. The highest BCUT2D eigenvalue weighted by atomic mass is 35.5. The Balaban J connectivity index is 1.94. The minimum absolute atomic E-state index is 0.195. The van der Waals surface area contributed by atoms with E-state index in [4.69, 9.17) is 11.6 Å². The lowest BCUT2D eigenvalue weighted by atomic mass is 9.98. The largest absolute Gasteiger partial charge is 0.356 e. The Morgan fingerprint density at radius 3 is 2.64 bits per heavy atom. The molecule has 0 saturated carbocycles. The predicted molar refractivity (Wildman–Crippen MR) is 91.8 cm³/mol. The molecule has 0 bridgehead atoms. The van der Waals surface area contributed by atoms with E-state index in [1.54, 1.807) is 4.52 Å². The van der Waals surface area contributed by atoms with Crippen molar-refractivity contribution in [2.45, 2.75) is 19.8 Å². The number of piperidine rings is 1. The van der Waals surface area contributed by atoms with Crippen LogP contribution in [0.4, 0.5) is 14.6 Å². The highest BCUT2D eigenvalue weighted by molar-refractivity contribution is 6.33. The van der Waals surface area contributed by atoms with Gasteiger partial charge in [0.2, 0.25) is 0 Å². The summed E-state index contributed by atoms with van der Waals surface area (Å²) in [7, 11) is 0. The first kappa shape index (κ1) is 16.2. The maximum absolute atomic E-state index is 13.8. The summed E-state index contributed by atoms with van der Waals surface area (Å²) in [5.74, 6) is -0.0876. The van der Waals surface area contributed by atoms with Crippen LogP contribution in [0.5, 0.6) is 0 Å². The van der Waals surface area contributed by atoms with Gasteiger partial charge in [-0.05, 0) is 36.5 Å². The van der Waals surface area contributed by atoms with Gasteiger partial charge in [0, 0.05) is 13.1 Å². The summed E-state index contributed by atoms with van der Waals surface area (Å²) in [4.78, 5) is 10.5. The molecule has 1 saturated heterocycles. The fourth-order valence-corrected chi connectivity index (χ4v) is 3.48. The Morgan fingerprint density at radius 1 is 1.16 bits per heavy atom. The number of rotatable bonds is 2. The van der Waals surface area contributed by atoms with Crippen LogP contribution in [0.2, 0.25) is 5.15 Å². The molecule has 130 valence electrons. The van der Waals surface area contributed by atoms with E-state index in [1.165, 1.54) is 12.4 Å². The minimum atomic E-state index is -0.925. The average molecular weight is 364 g/mol. The van der Waals surface area contributed by atoms with E-state index in [1.807, 2.05) is 0 Å². The highest BCUT2D eigenvalue weighted by Crippen LogP contribution is 2.38. The number of hydrogen-bond donors (Lipinski definition) is 0. The van der Waals surface area contributed by atoms with Crippen LogP contribution in [0.25, 0.3) is 16.9 Å². The first-order valence-electron chi connectivity index (χ1n) is 8.14. The monoisotopic (exact) mass is 363 g/mol. The zero-order valence-corrected chi connectivity index (χ0v) is 14.3. The molecule has 1 aliphatic heterocycles.